The topological polar surface area (TPSA) is 116 Å². The molecule has 2 aromatic rings. The number of nitrogens with zero attached hydrogens (tertiary/aromatic N) is 3. The maximum Gasteiger partial charge on any atom is 0.390 e. The summed E-state index contributed by atoms with van der Waals surface area (Å²) in [5, 5.41) is 17.0. The van der Waals surface area contributed by atoms with Crippen LogP contribution in [-0.4, -0.2) is 33.2 Å². The van der Waals surface area contributed by atoms with Crippen LogP contribution in [0.3, 0.4) is 0 Å². The summed E-state index contributed by atoms with van der Waals surface area (Å²) in [5.41, 5.74) is 1.38. The van der Waals surface area contributed by atoms with Gasteiger partial charge >= 0.3 is 11.8 Å². The number of ether oxygens (including phenoxy) is 1. The first-order valence-corrected chi connectivity index (χ1v) is 7.16. The first-order chi connectivity index (χ1) is 11.4. The van der Waals surface area contributed by atoms with Crippen molar-refractivity contribution in [3.05, 3.63) is 51.7 Å². The Morgan fingerprint density at radius 3 is 2.54 bits per heavy atom. The highest BCUT2D eigenvalue weighted by Gasteiger charge is 2.17. The van der Waals surface area contributed by atoms with E-state index in [2.05, 4.69) is 10.4 Å². The molecule has 0 aliphatic heterocycles. The van der Waals surface area contributed by atoms with Gasteiger partial charge in [0.25, 0.3) is 0 Å². The molecule has 9 nitrogen and oxygen atoms in total. The molecule has 0 saturated heterocycles. The summed E-state index contributed by atoms with van der Waals surface area (Å²) in [7, 11) is 0. The van der Waals surface area contributed by atoms with Gasteiger partial charge in [-0.25, -0.2) is 4.79 Å². The van der Waals surface area contributed by atoms with Crippen LogP contribution in [0.2, 0.25) is 0 Å². The van der Waals surface area contributed by atoms with Gasteiger partial charge in [0.1, 0.15) is 6.54 Å². The second-order valence-corrected chi connectivity index (χ2v) is 4.90. The molecule has 0 saturated carbocycles. The zero-order chi connectivity index (χ0) is 17.7. The predicted octanol–water partition coefficient (Wildman–Crippen LogP) is 1.92. The summed E-state index contributed by atoms with van der Waals surface area (Å²) in [6.07, 6.45) is 0. The van der Waals surface area contributed by atoms with E-state index >= 15 is 0 Å². The molecule has 0 bridgehead atoms. The Morgan fingerprint density at radius 2 is 2.00 bits per heavy atom. The summed E-state index contributed by atoms with van der Waals surface area (Å²) < 4.78 is 6.12. The summed E-state index contributed by atoms with van der Waals surface area (Å²) in [6.45, 7) is 3.47. The first kappa shape index (κ1) is 17.1. The average Bonchev–Trinajstić information content (AvgIpc) is 2.89. The van der Waals surface area contributed by atoms with E-state index in [1.807, 2.05) is 0 Å². The van der Waals surface area contributed by atoms with Crippen molar-refractivity contribution in [1.29, 1.82) is 0 Å². The number of amides is 1. The van der Waals surface area contributed by atoms with Gasteiger partial charge in [-0.05, 0) is 43.0 Å². The largest absolute Gasteiger partial charge is 0.462 e. The van der Waals surface area contributed by atoms with E-state index < -0.39 is 10.9 Å². The van der Waals surface area contributed by atoms with Gasteiger partial charge in [-0.3, -0.25) is 4.79 Å². The smallest absolute Gasteiger partial charge is 0.390 e. The van der Waals surface area contributed by atoms with E-state index in [-0.39, 0.29) is 24.9 Å². The number of benzene rings is 1. The van der Waals surface area contributed by atoms with Crippen LogP contribution in [0.4, 0.5) is 11.5 Å². The fourth-order valence-corrected chi connectivity index (χ4v) is 1.98. The third-order valence-corrected chi connectivity index (χ3v) is 3.13. The minimum atomic E-state index is -0.616. The summed E-state index contributed by atoms with van der Waals surface area (Å²) in [5.74, 6) is -1.13. The average molecular weight is 332 g/mol. The molecule has 0 aliphatic rings. The van der Waals surface area contributed by atoms with Crippen molar-refractivity contribution in [2.45, 2.75) is 20.4 Å². The zero-order valence-corrected chi connectivity index (χ0v) is 13.2. The third-order valence-electron chi connectivity index (χ3n) is 3.13. The molecule has 2 rings (SSSR count). The van der Waals surface area contributed by atoms with Crippen molar-refractivity contribution in [2.24, 2.45) is 0 Å². The van der Waals surface area contributed by atoms with Crippen LogP contribution in [0.25, 0.3) is 0 Å². The summed E-state index contributed by atoms with van der Waals surface area (Å²) >= 11 is 0. The number of hydrogen-bond acceptors (Lipinski definition) is 6. The number of carbonyl (C=O) groups excluding carboxylic acids is 2. The Labute approximate surface area is 137 Å². The highest BCUT2D eigenvalue weighted by Crippen LogP contribution is 2.13. The molecule has 0 unspecified atom stereocenters. The molecule has 0 fully saturated rings. The number of nitrogens with one attached hydrogen (secondary N) is 1. The van der Waals surface area contributed by atoms with Gasteiger partial charge in [-0.15, -0.1) is 0 Å². The molecular formula is C15H16N4O5. The summed E-state index contributed by atoms with van der Waals surface area (Å²) in [4.78, 5) is 33.6. The minimum absolute atomic E-state index is 0.153. The third kappa shape index (κ3) is 4.15. The molecule has 0 spiro atoms. The van der Waals surface area contributed by atoms with E-state index in [9.17, 15) is 19.7 Å². The Kier molecular flexibility index (Phi) is 5.25. The summed E-state index contributed by atoms with van der Waals surface area (Å²) in [6, 6.07) is 7.52. The van der Waals surface area contributed by atoms with Crippen LogP contribution in [0, 0.1) is 17.0 Å². The SMILES string of the molecule is CCOC(=O)c1ccc(NC(=O)Cn2nc([N+](=O)[O-])cc2C)cc1. The lowest BCUT2D eigenvalue weighted by molar-refractivity contribution is -0.389. The number of esters is 1. The maximum absolute atomic E-state index is 12.0. The van der Waals surface area contributed by atoms with Gasteiger partial charge < -0.3 is 20.2 Å². The number of nitro groups is 1. The van der Waals surface area contributed by atoms with Crippen molar-refractivity contribution in [2.75, 3.05) is 11.9 Å². The molecule has 1 aromatic carbocycles. The van der Waals surface area contributed by atoms with Crippen LogP contribution >= 0.6 is 0 Å². The molecule has 1 aromatic heterocycles. The number of anilines is 1. The lowest BCUT2D eigenvalue weighted by atomic mass is 10.2. The second kappa shape index (κ2) is 7.36. The van der Waals surface area contributed by atoms with Gasteiger partial charge in [0, 0.05) is 5.69 Å². The minimum Gasteiger partial charge on any atom is -0.462 e. The zero-order valence-electron chi connectivity index (χ0n) is 13.2. The first-order valence-electron chi connectivity index (χ1n) is 7.16. The second-order valence-electron chi connectivity index (χ2n) is 4.90. The van der Waals surface area contributed by atoms with Crippen LogP contribution in [0.5, 0.6) is 0 Å². The molecule has 1 heterocycles. The Balaban J connectivity index is 1.99. The van der Waals surface area contributed by atoms with Gasteiger partial charge in [-0.1, -0.05) is 0 Å². The quantitative estimate of drug-likeness (QED) is 0.491. The molecule has 1 N–H and O–H groups in total. The van der Waals surface area contributed by atoms with E-state index in [4.69, 9.17) is 4.74 Å². The highest BCUT2D eigenvalue weighted by molar-refractivity contribution is 5.93. The molecular weight excluding hydrogens is 316 g/mol. The van der Waals surface area contributed by atoms with Crippen molar-refractivity contribution >= 4 is 23.4 Å². The predicted molar refractivity (Wildman–Crippen MR) is 84.6 cm³/mol. The van der Waals surface area contributed by atoms with E-state index in [1.54, 1.807) is 26.0 Å². The fourth-order valence-electron chi connectivity index (χ4n) is 1.98. The van der Waals surface area contributed by atoms with Crippen molar-refractivity contribution in [1.82, 2.24) is 9.78 Å². The maximum atomic E-state index is 12.0. The monoisotopic (exact) mass is 332 g/mol. The standard InChI is InChI=1S/C15H16N4O5/c1-3-24-15(21)11-4-6-12(7-5-11)16-14(20)9-18-10(2)8-13(17-18)19(22)23/h4-8H,3,9H2,1-2H3,(H,16,20). The molecule has 126 valence electrons. The number of hydrogen-bond donors (Lipinski definition) is 1. The van der Waals surface area contributed by atoms with Crippen LogP contribution < -0.4 is 5.32 Å². The highest BCUT2D eigenvalue weighted by atomic mass is 16.6. The fraction of sp³-hybridized carbons (Fsp3) is 0.267. The Morgan fingerprint density at radius 1 is 1.33 bits per heavy atom. The Bertz CT molecular complexity index is 767. The van der Waals surface area contributed by atoms with Gasteiger partial charge in [0.2, 0.25) is 5.91 Å². The van der Waals surface area contributed by atoms with Crippen LogP contribution in [0.15, 0.2) is 30.3 Å². The van der Waals surface area contributed by atoms with Gasteiger partial charge in [0.05, 0.1) is 29.0 Å². The van der Waals surface area contributed by atoms with Crippen molar-refractivity contribution < 1.29 is 19.2 Å². The molecule has 1 amide bonds. The van der Waals surface area contributed by atoms with E-state index in [1.165, 1.54) is 22.9 Å². The van der Waals surface area contributed by atoms with E-state index in [0.29, 0.717) is 16.9 Å². The van der Waals surface area contributed by atoms with Gasteiger partial charge in [-0.2, -0.15) is 4.68 Å². The number of aromatic nitrogens is 2. The molecule has 0 radical (unpaired) electrons. The number of aryl methyl sites for hydroxylation is 1. The lowest BCUT2D eigenvalue weighted by Crippen LogP contribution is -2.20. The van der Waals surface area contributed by atoms with Crippen molar-refractivity contribution in [3.8, 4) is 0 Å². The van der Waals surface area contributed by atoms with Crippen molar-refractivity contribution in [3.63, 3.8) is 0 Å². The normalized spacial score (nSPS) is 10.2. The molecule has 0 aliphatic carbocycles. The van der Waals surface area contributed by atoms with Crippen LogP contribution in [0.1, 0.15) is 23.0 Å². The van der Waals surface area contributed by atoms with Gasteiger partial charge in [0.15, 0.2) is 0 Å². The molecule has 9 heteroatoms. The number of rotatable bonds is 6. The Hall–Kier alpha value is -3.23. The van der Waals surface area contributed by atoms with Crippen LogP contribution in [-0.2, 0) is 16.1 Å². The molecule has 0 atom stereocenters. The van der Waals surface area contributed by atoms with E-state index in [0.717, 1.165) is 0 Å². The number of carbonyl (C=O) groups is 2. The molecule has 24 heavy (non-hydrogen) atoms. The lowest BCUT2D eigenvalue weighted by Gasteiger charge is -2.06.